The van der Waals surface area contributed by atoms with Crippen molar-refractivity contribution in [1.29, 1.82) is 0 Å². The van der Waals surface area contributed by atoms with E-state index in [4.69, 9.17) is 23.7 Å². The van der Waals surface area contributed by atoms with E-state index in [1.807, 2.05) is 19.1 Å². The van der Waals surface area contributed by atoms with Gasteiger partial charge in [0.15, 0.2) is 17.7 Å². The number of imide groups is 1. The van der Waals surface area contributed by atoms with Gasteiger partial charge < -0.3 is 54.5 Å². The van der Waals surface area contributed by atoms with Gasteiger partial charge in [0.1, 0.15) is 24.0 Å². The number of aliphatic hydroxyl groups is 4. The lowest BCUT2D eigenvalue weighted by molar-refractivity contribution is -0.156. The van der Waals surface area contributed by atoms with Crippen molar-refractivity contribution in [2.45, 2.75) is 126 Å². The molecule has 0 unspecified atom stereocenters. The summed E-state index contributed by atoms with van der Waals surface area (Å²) in [5, 5.41) is 65.0. The van der Waals surface area contributed by atoms with Crippen LogP contribution < -0.4 is 34.3 Å². The fourth-order valence-electron chi connectivity index (χ4n) is 16.5. The van der Waals surface area contributed by atoms with E-state index in [1.54, 1.807) is 24.1 Å². The average molecular weight is 1040 g/mol. The van der Waals surface area contributed by atoms with Crippen LogP contribution in [0.15, 0.2) is 60.7 Å². The Labute approximate surface area is 444 Å². The second-order valence-electron chi connectivity index (χ2n) is 22.9. The van der Waals surface area contributed by atoms with Crippen molar-refractivity contribution in [3.05, 3.63) is 99.6 Å². The Hall–Kier alpha value is -5.84. The van der Waals surface area contributed by atoms with Gasteiger partial charge in [0, 0.05) is 76.1 Å². The van der Waals surface area contributed by atoms with Gasteiger partial charge in [-0.2, -0.15) is 0 Å². The maximum atomic E-state index is 13.9. The van der Waals surface area contributed by atoms with Crippen LogP contribution in [0.4, 0.5) is 5.69 Å². The molecule has 8 aliphatic rings. The van der Waals surface area contributed by atoms with E-state index in [2.05, 4.69) is 34.9 Å². The van der Waals surface area contributed by atoms with Crippen LogP contribution in [-0.2, 0) is 27.8 Å². The lowest BCUT2D eigenvalue weighted by Crippen LogP contribution is -2.65. The van der Waals surface area contributed by atoms with Crippen molar-refractivity contribution in [1.82, 2.24) is 10.2 Å². The van der Waals surface area contributed by atoms with Crippen LogP contribution in [0.1, 0.15) is 141 Å². The molecule has 5 aliphatic carbocycles. The first-order chi connectivity index (χ1) is 37.0. The number of anilines is 1. The van der Waals surface area contributed by atoms with Gasteiger partial charge >= 0.3 is 0 Å². The predicted molar refractivity (Wildman–Crippen MR) is 284 cm³/mol. The van der Waals surface area contributed by atoms with Gasteiger partial charge in [0.05, 0.1) is 51.2 Å². The third-order valence-corrected chi connectivity index (χ3v) is 19.7. The zero-order valence-corrected chi connectivity index (χ0v) is 43.9. The number of rotatable bonds is 17. The van der Waals surface area contributed by atoms with Crippen molar-refractivity contribution in [2.75, 3.05) is 59.2 Å². The maximum absolute atomic E-state index is 13.9. The highest BCUT2D eigenvalue weighted by Crippen LogP contribution is 2.68. The van der Waals surface area contributed by atoms with Crippen LogP contribution in [0, 0.1) is 29.6 Å². The summed E-state index contributed by atoms with van der Waals surface area (Å²) in [4.78, 5) is 29.4. The lowest BCUT2D eigenvalue weighted by Gasteiger charge is -2.65. The number of aromatic hydroxyl groups is 1. The molecule has 0 radical (unpaired) electrons. The van der Waals surface area contributed by atoms with Crippen LogP contribution in [0.2, 0.25) is 0 Å². The number of hydrogen-bond donors (Lipinski definition) is 7. The molecule has 10 atom stereocenters. The fraction of sp³-hybridized carbons (Fsp3) is 0.541. The molecule has 404 valence electrons. The van der Waals surface area contributed by atoms with E-state index >= 15 is 0 Å². The van der Waals surface area contributed by atoms with E-state index in [0.717, 1.165) is 80.0 Å². The number of carbonyl (C=O) groups excluding carboxylic acids is 2. The molecule has 2 amide bonds. The molecule has 3 saturated carbocycles. The second kappa shape index (κ2) is 20.2. The molecule has 4 aromatic carbocycles. The molecule has 3 fully saturated rings. The Balaban J connectivity index is 0.912. The van der Waals surface area contributed by atoms with E-state index in [0.29, 0.717) is 83.7 Å². The Kier molecular flexibility index (Phi) is 13.5. The normalized spacial score (nSPS) is 28.6. The number of amides is 2. The monoisotopic (exact) mass is 1040 g/mol. The molecule has 3 heterocycles. The van der Waals surface area contributed by atoms with Gasteiger partial charge in [-0.3, -0.25) is 19.8 Å². The summed E-state index contributed by atoms with van der Waals surface area (Å²) in [5.41, 5.74) is 7.31. The second-order valence-corrected chi connectivity index (χ2v) is 22.9. The Morgan fingerprint density at radius 3 is 2.38 bits per heavy atom. The summed E-state index contributed by atoms with van der Waals surface area (Å²) in [7, 11) is 3.12. The summed E-state index contributed by atoms with van der Waals surface area (Å²) in [6.07, 6.45) is 11.3. The Morgan fingerprint density at radius 1 is 0.868 bits per heavy atom. The fourth-order valence-corrected chi connectivity index (χ4v) is 16.5. The summed E-state index contributed by atoms with van der Waals surface area (Å²) in [6.45, 7) is 2.97. The minimum atomic E-state index is -1.07. The van der Waals surface area contributed by atoms with Crippen molar-refractivity contribution in [3.8, 4) is 45.6 Å². The lowest BCUT2D eigenvalue weighted by atomic mass is 9.40. The number of fused-ring (bicyclic) bond motifs is 6. The zero-order chi connectivity index (χ0) is 52.6. The van der Waals surface area contributed by atoms with Crippen molar-refractivity contribution in [2.24, 2.45) is 29.6 Å². The summed E-state index contributed by atoms with van der Waals surface area (Å²) in [6, 6.07) is 15.9. The zero-order valence-electron chi connectivity index (χ0n) is 43.9. The Bertz CT molecular complexity index is 2930. The topological polar surface area (TPSA) is 209 Å². The smallest absolute Gasteiger partial charge is 0.254 e. The number of carbonyl (C=O) groups is 2. The number of benzene rings is 4. The van der Waals surface area contributed by atoms with Crippen LogP contribution in [0.3, 0.4) is 0 Å². The molecule has 0 spiro atoms. The SMILES string of the molecule is CCNCOc1cc(OC)c2c3c1[C@@H](O)Nc1cc4c(c(c1-3)CC2)[C@@H](O)[C@H](c1cc(OC)c(O)c(OC[C@H](CO)[C@]23C[C@H](C5(N6C(=O)C=CC6=O)CCCCC5)C[C@H]5[C@H](CCCO)C[C@H](C[C@H]52)c2ccccc23)c1)CO4. The first-order valence-corrected chi connectivity index (χ1v) is 27.9. The highest BCUT2D eigenvalue weighted by atomic mass is 16.5. The molecule has 76 heavy (non-hydrogen) atoms. The number of ether oxygens (including phenoxy) is 5. The largest absolute Gasteiger partial charge is 0.502 e. The number of phenolic OH excluding ortho intramolecular Hbond substituents is 1. The van der Waals surface area contributed by atoms with Crippen molar-refractivity contribution >= 4 is 17.5 Å². The maximum Gasteiger partial charge on any atom is 0.254 e. The van der Waals surface area contributed by atoms with Crippen LogP contribution in [-0.4, -0.2) is 102 Å². The molecular formula is C61H73N3O12. The number of nitrogens with zero attached hydrogens (tertiary/aromatic N) is 1. The molecule has 2 bridgehead atoms. The molecule has 12 rings (SSSR count). The van der Waals surface area contributed by atoms with E-state index in [-0.39, 0.29) is 80.0 Å². The number of phenols is 1. The van der Waals surface area contributed by atoms with E-state index in [1.165, 1.54) is 30.4 Å². The third kappa shape index (κ3) is 7.91. The molecule has 4 aromatic rings. The highest BCUT2D eigenvalue weighted by Gasteiger charge is 2.64. The van der Waals surface area contributed by atoms with Gasteiger partial charge in [-0.1, -0.05) is 50.5 Å². The van der Waals surface area contributed by atoms with Crippen LogP contribution in [0.5, 0.6) is 34.5 Å². The van der Waals surface area contributed by atoms with Crippen LogP contribution >= 0.6 is 0 Å². The Morgan fingerprint density at radius 2 is 1.63 bits per heavy atom. The van der Waals surface area contributed by atoms with E-state index in [9.17, 15) is 35.1 Å². The minimum absolute atomic E-state index is 0.0378. The van der Waals surface area contributed by atoms with Gasteiger partial charge in [0.2, 0.25) is 5.75 Å². The number of nitrogens with one attached hydrogen (secondary N) is 2. The van der Waals surface area contributed by atoms with Gasteiger partial charge in [-0.05, 0) is 135 Å². The van der Waals surface area contributed by atoms with Crippen molar-refractivity contribution in [3.63, 3.8) is 0 Å². The quantitative estimate of drug-likeness (QED) is 0.0302. The first kappa shape index (κ1) is 50.9. The first-order valence-electron chi connectivity index (χ1n) is 27.9. The molecule has 0 saturated heterocycles. The molecular weight excluding hydrogens is 967 g/mol. The highest BCUT2D eigenvalue weighted by molar-refractivity contribution is 6.13. The summed E-state index contributed by atoms with van der Waals surface area (Å²) in [5.74, 6) is 1.17. The third-order valence-electron chi connectivity index (χ3n) is 19.7. The predicted octanol–water partition coefficient (Wildman–Crippen LogP) is 8.22. The molecule has 7 N–H and O–H groups in total. The summed E-state index contributed by atoms with van der Waals surface area (Å²) < 4.78 is 31.4. The average Bonchev–Trinajstić information content (AvgIpc) is 3.83. The molecule has 0 aromatic heterocycles. The number of hydrogen-bond acceptors (Lipinski definition) is 14. The standard InChI is InChI=1S/C61H73N3O12/c1-4-62-32-76-48-27-46(72-2)39-14-15-40-53-45(63-59(71)56(48)55(39)53)26-47-54(40)57(69)42(31-75-47)35-23-49(73-3)58(70)50(24-35)74-30-37(29-66)61-28-36(60(18-8-5-9-19-60)64-51(67)16-17-52(64)68)25-41-33(11-10-20-65)21-34(22-44(41)61)38-12-6-7-13-43(38)61/h6-7,12-13,16-17,23-24,26-27,33-34,36-37,41-42,44,57,59,62-63,65-66,69-71H,4-5,8-11,14-15,18-22,25,28-32H2,1-3H3/t33-,34-,36-,37+,41+,42+,44-,57+,59-,61+/m1/s1. The number of aliphatic hydroxyl groups excluding tert-OH is 4. The summed E-state index contributed by atoms with van der Waals surface area (Å²) >= 11 is 0. The molecule has 3 aliphatic heterocycles. The molecule has 15 heteroatoms. The van der Waals surface area contributed by atoms with E-state index < -0.39 is 35.1 Å². The molecule has 15 nitrogen and oxygen atoms in total. The minimum Gasteiger partial charge on any atom is -0.502 e. The van der Waals surface area contributed by atoms with Crippen LogP contribution in [0.25, 0.3) is 11.1 Å². The van der Waals surface area contributed by atoms with Crippen molar-refractivity contribution < 1.29 is 58.8 Å². The van der Waals surface area contributed by atoms with Gasteiger partial charge in [-0.25, -0.2) is 0 Å². The van der Waals surface area contributed by atoms with Gasteiger partial charge in [0.25, 0.3) is 11.8 Å². The number of methoxy groups -OCH3 is 2. The van der Waals surface area contributed by atoms with Gasteiger partial charge in [-0.15, -0.1) is 0 Å².